The summed E-state index contributed by atoms with van der Waals surface area (Å²) in [6, 6.07) is 6.28. The second-order valence-electron chi connectivity index (χ2n) is 6.52. The lowest BCUT2D eigenvalue weighted by atomic mass is 9.78. The highest BCUT2D eigenvalue weighted by Gasteiger charge is 2.21. The van der Waals surface area contributed by atoms with Crippen LogP contribution in [0.4, 0.5) is 0 Å². The number of benzene rings is 1. The van der Waals surface area contributed by atoms with E-state index < -0.39 is 0 Å². The van der Waals surface area contributed by atoms with Crippen molar-refractivity contribution in [3.63, 3.8) is 0 Å². The van der Waals surface area contributed by atoms with Crippen LogP contribution in [0.3, 0.4) is 0 Å². The van der Waals surface area contributed by atoms with Crippen LogP contribution in [0.1, 0.15) is 58.2 Å². The van der Waals surface area contributed by atoms with Crippen molar-refractivity contribution >= 4 is 0 Å². The van der Waals surface area contributed by atoms with Gasteiger partial charge in [0.2, 0.25) is 0 Å². The van der Waals surface area contributed by atoms with E-state index in [0.717, 1.165) is 5.56 Å². The lowest BCUT2D eigenvalue weighted by Crippen LogP contribution is -2.18. The Morgan fingerprint density at radius 1 is 0.938 bits per heavy atom. The van der Waals surface area contributed by atoms with E-state index in [9.17, 15) is 5.11 Å². The van der Waals surface area contributed by atoms with Crippen molar-refractivity contribution in [2.24, 2.45) is 0 Å². The van der Waals surface area contributed by atoms with Crippen molar-refractivity contribution in [2.45, 2.75) is 59.0 Å². The Morgan fingerprint density at radius 2 is 1.50 bits per heavy atom. The van der Waals surface area contributed by atoms with Gasteiger partial charge in [0.05, 0.1) is 0 Å². The molecule has 0 aliphatic rings. The van der Waals surface area contributed by atoms with E-state index in [1.807, 2.05) is 6.07 Å². The molecule has 1 radical (unpaired) electrons. The van der Waals surface area contributed by atoms with Gasteiger partial charge >= 0.3 is 0 Å². The van der Waals surface area contributed by atoms with E-state index in [1.54, 1.807) is 0 Å². The predicted octanol–water partition coefficient (Wildman–Crippen LogP) is 4.21. The molecule has 0 aliphatic heterocycles. The SMILES string of the molecule is CC(C)(C)c1ccc(C[O])c(C(C)(C)C)c1. The summed E-state index contributed by atoms with van der Waals surface area (Å²) in [4.78, 5) is 0. The summed E-state index contributed by atoms with van der Waals surface area (Å²) in [5.41, 5.74) is 3.60. The van der Waals surface area contributed by atoms with Crippen molar-refractivity contribution in [1.29, 1.82) is 0 Å². The zero-order valence-corrected chi connectivity index (χ0v) is 11.3. The minimum absolute atomic E-state index is 0.0427. The van der Waals surface area contributed by atoms with Crippen LogP contribution >= 0.6 is 0 Å². The Hall–Kier alpha value is -0.820. The number of hydrogen-bond acceptors (Lipinski definition) is 0. The van der Waals surface area contributed by atoms with Crippen LogP contribution in [0.15, 0.2) is 18.2 Å². The molecule has 0 heterocycles. The fourth-order valence-electron chi connectivity index (χ4n) is 1.87. The van der Waals surface area contributed by atoms with Crippen LogP contribution in [0.5, 0.6) is 0 Å². The number of rotatable bonds is 1. The van der Waals surface area contributed by atoms with Crippen LogP contribution in [0.2, 0.25) is 0 Å². The van der Waals surface area contributed by atoms with Gasteiger partial charge in [-0.3, -0.25) is 0 Å². The van der Waals surface area contributed by atoms with Gasteiger partial charge in [0.15, 0.2) is 0 Å². The second-order valence-corrected chi connectivity index (χ2v) is 6.52. The first-order valence-electron chi connectivity index (χ1n) is 5.88. The van der Waals surface area contributed by atoms with Crippen molar-refractivity contribution in [3.05, 3.63) is 34.9 Å². The average molecular weight is 219 g/mol. The molecule has 1 aromatic carbocycles. The molecule has 0 bridgehead atoms. The second kappa shape index (κ2) is 4.21. The van der Waals surface area contributed by atoms with E-state index in [0.29, 0.717) is 0 Å². The Morgan fingerprint density at radius 3 is 1.88 bits per heavy atom. The fraction of sp³-hybridized carbons (Fsp3) is 0.600. The Bertz CT molecular complexity index is 364. The Kier molecular flexibility index (Phi) is 3.49. The van der Waals surface area contributed by atoms with Gasteiger partial charge in [-0.2, -0.15) is 0 Å². The quantitative estimate of drug-likeness (QED) is 0.674. The van der Waals surface area contributed by atoms with Crippen LogP contribution in [0, 0.1) is 0 Å². The third-order valence-electron chi connectivity index (χ3n) is 2.94. The molecule has 89 valence electrons. The minimum Gasteiger partial charge on any atom is -0.232 e. The fourth-order valence-corrected chi connectivity index (χ4v) is 1.87. The normalized spacial score (nSPS) is 12.9. The first-order valence-corrected chi connectivity index (χ1v) is 5.88. The van der Waals surface area contributed by atoms with E-state index in [1.165, 1.54) is 11.1 Å². The molecule has 1 heteroatoms. The van der Waals surface area contributed by atoms with Gasteiger partial charge < -0.3 is 0 Å². The molecule has 0 saturated carbocycles. The highest BCUT2D eigenvalue weighted by Crippen LogP contribution is 2.31. The van der Waals surface area contributed by atoms with Crippen molar-refractivity contribution in [1.82, 2.24) is 0 Å². The lowest BCUT2D eigenvalue weighted by molar-refractivity contribution is 0.175. The van der Waals surface area contributed by atoms with Crippen LogP contribution < -0.4 is 0 Å². The third-order valence-corrected chi connectivity index (χ3v) is 2.94. The van der Waals surface area contributed by atoms with Crippen LogP contribution in [0.25, 0.3) is 0 Å². The van der Waals surface area contributed by atoms with Crippen LogP contribution in [-0.4, -0.2) is 0 Å². The summed E-state index contributed by atoms with van der Waals surface area (Å²) in [6.45, 7) is 13.0. The molecule has 0 unspecified atom stereocenters. The van der Waals surface area contributed by atoms with Gasteiger partial charge in [0, 0.05) is 0 Å². The summed E-state index contributed by atoms with van der Waals surface area (Å²) < 4.78 is 0. The van der Waals surface area contributed by atoms with Gasteiger partial charge in [-0.15, -0.1) is 0 Å². The molecule has 0 aliphatic carbocycles. The molecule has 0 saturated heterocycles. The van der Waals surface area contributed by atoms with E-state index >= 15 is 0 Å². The van der Waals surface area contributed by atoms with Gasteiger partial charge in [-0.1, -0.05) is 59.7 Å². The maximum atomic E-state index is 11.2. The molecule has 1 nitrogen and oxygen atoms in total. The van der Waals surface area contributed by atoms with E-state index in [2.05, 4.69) is 53.7 Å². The molecule has 0 aromatic heterocycles. The Balaban J connectivity index is 3.34. The molecule has 0 amide bonds. The average Bonchev–Trinajstić information content (AvgIpc) is 2.14. The first-order chi connectivity index (χ1) is 7.16. The van der Waals surface area contributed by atoms with Gasteiger partial charge in [-0.05, 0) is 27.5 Å². The Labute approximate surface area is 99.5 Å². The third kappa shape index (κ3) is 2.85. The van der Waals surface area contributed by atoms with Crippen LogP contribution in [-0.2, 0) is 22.5 Å². The molecular formula is C15H23O. The maximum Gasteiger partial charge on any atom is 0.108 e. The lowest BCUT2D eigenvalue weighted by Gasteiger charge is -2.26. The topological polar surface area (TPSA) is 19.9 Å². The zero-order valence-electron chi connectivity index (χ0n) is 11.3. The molecule has 1 rings (SSSR count). The maximum absolute atomic E-state index is 11.2. The summed E-state index contributed by atoms with van der Waals surface area (Å²) in [7, 11) is 0. The molecule has 0 N–H and O–H groups in total. The predicted molar refractivity (Wildman–Crippen MR) is 68.2 cm³/mol. The molecular weight excluding hydrogens is 196 g/mol. The zero-order chi connectivity index (χ0) is 12.6. The molecule has 0 spiro atoms. The highest BCUT2D eigenvalue weighted by atomic mass is 16.3. The molecule has 0 atom stereocenters. The van der Waals surface area contributed by atoms with Crippen molar-refractivity contribution in [3.8, 4) is 0 Å². The largest absolute Gasteiger partial charge is 0.232 e. The smallest absolute Gasteiger partial charge is 0.108 e. The molecule has 0 fully saturated rings. The summed E-state index contributed by atoms with van der Waals surface area (Å²) >= 11 is 0. The monoisotopic (exact) mass is 219 g/mol. The summed E-state index contributed by atoms with van der Waals surface area (Å²) in [5.74, 6) is 0. The van der Waals surface area contributed by atoms with Crippen molar-refractivity contribution < 1.29 is 5.11 Å². The van der Waals surface area contributed by atoms with Gasteiger partial charge in [-0.25, -0.2) is 5.11 Å². The standard InChI is InChI=1S/C15H23O/c1-14(2,3)12-8-7-11(10-16)13(9-12)15(4,5)6/h7-9H,10H2,1-6H3. The summed E-state index contributed by atoms with van der Waals surface area (Å²) in [6.07, 6.45) is 0. The van der Waals surface area contributed by atoms with Gasteiger partial charge in [0.1, 0.15) is 6.61 Å². The van der Waals surface area contributed by atoms with Gasteiger partial charge in [0.25, 0.3) is 0 Å². The molecule has 16 heavy (non-hydrogen) atoms. The first kappa shape index (κ1) is 13.2. The highest BCUT2D eigenvalue weighted by molar-refractivity contribution is 5.38. The number of hydrogen-bond donors (Lipinski definition) is 0. The van der Waals surface area contributed by atoms with Crippen molar-refractivity contribution in [2.75, 3.05) is 0 Å². The van der Waals surface area contributed by atoms with E-state index in [-0.39, 0.29) is 17.4 Å². The summed E-state index contributed by atoms with van der Waals surface area (Å²) in [5, 5.41) is 11.2. The minimum atomic E-state index is -0.128. The molecule has 1 aromatic rings. The van der Waals surface area contributed by atoms with E-state index in [4.69, 9.17) is 0 Å².